The summed E-state index contributed by atoms with van der Waals surface area (Å²) < 4.78 is 11.5. The summed E-state index contributed by atoms with van der Waals surface area (Å²) in [6.07, 6.45) is 12.0. The Kier molecular flexibility index (Phi) is 4.57. The van der Waals surface area contributed by atoms with Crippen molar-refractivity contribution in [1.29, 1.82) is 0 Å². The highest BCUT2D eigenvalue weighted by atomic mass is 16.5. The van der Waals surface area contributed by atoms with Crippen molar-refractivity contribution in [2.75, 3.05) is 19.7 Å². The Labute approximate surface area is 115 Å². The molecule has 0 unspecified atom stereocenters. The van der Waals surface area contributed by atoms with Gasteiger partial charge in [-0.1, -0.05) is 19.3 Å². The van der Waals surface area contributed by atoms with Crippen molar-refractivity contribution in [2.45, 2.75) is 50.5 Å². The molecule has 106 valence electrons. The third-order valence-corrected chi connectivity index (χ3v) is 4.67. The summed E-state index contributed by atoms with van der Waals surface area (Å²) >= 11 is 0. The highest BCUT2D eigenvalue weighted by molar-refractivity contribution is 5.15. The molecule has 2 atom stereocenters. The minimum atomic E-state index is 0.313. The Morgan fingerprint density at radius 2 is 2.11 bits per heavy atom. The van der Waals surface area contributed by atoms with Gasteiger partial charge in [0.05, 0.1) is 18.6 Å². The van der Waals surface area contributed by atoms with Crippen LogP contribution in [0.3, 0.4) is 0 Å². The summed E-state index contributed by atoms with van der Waals surface area (Å²) in [6, 6.07) is 2.09. The maximum atomic E-state index is 6.25. The van der Waals surface area contributed by atoms with Gasteiger partial charge in [0.1, 0.15) is 0 Å². The van der Waals surface area contributed by atoms with Crippen molar-refractivity contribution in [3.05, 3.63) is 24.2 Å². The Bertz CT molecular complexity index is 357. The highest BCUT2D eigenvalue weighted by Crippen LogP contribution is 2.30. The third kappa shape index (κ3) is 3.40. The maximum Gasteiger partial charge on any atom is 0.0938 e. The fraction of sp³-hybridized carbons (Fsp3) is 0.750. The number of piperidine rings is 1. The molecule has 1 aliphatic heterocycles. The maximum absolute atomic E-state index is 6.25. The summed E-state index contributed by atoms with van der Waals surface area (Å²) in [5.41, 5.74) is 1.30. The second-order valence-corrected chi connectivity index (χ2v) is 6.03. The van der Waals surface area contributed by atoms with E-state index < -0.39 is 0 Å². The first kappa shape index (κ1) is 13.2. The van der Waals surface area contributed by atoms with Crippen LogP contribution in [-0.2, 0) is 4.74 Å². The minimum absolute atomic E-state index is 0.313. The smallest absolute Gasteiger partial charge is 0.0938 e. The molecule has 0 radical (unpaired) electrons. The van der Waals surface area contributed by atoms with Crippen molar-refractivity contribution in [3.63, 3.8) is 0 Å². The highest BCUT2D eigenvalue weighted by Gasteiger charge is 2.28. The van der Waals surface area contributed by atoms with Gasteiger partial charge in [-0.2, -0.15) is 0 Å². The van der Waals surface area contributed by atoms with Crippen LogP contribution in [0.5, 0.6) is 0 Å². The zero-order chi connectivity index (χ0) is 12.9. The van der Waals surface area contributed by atoms with Gasteiger partial charge in [-0.05, 0) is 43.4 Å². The van der Waals surface area contributed by atoms with Crippen LogP contribution < -0.4 is 5.32 Å². The van der Waals surface area contributed by atoms with E-state index >= 15 is 0 Å². The Morgan fingerprint density at radius 1 is 1.21 bits per heavy atom. The summed E-state index contributed by atoms with van der Waals surface area (Å²) in [5, 5.41) is 3.46. The van der Waals surface area contributed by atoms with Crippen LogP contribution in [0.1, 0.15) is 50.0 Å². The molecule has 0 spiro atoms. The van der Waals surface area contributed by atoms with Crippen LogP contribution in [-0.4, -0.2) is 25.8 Å². The second kappa shape index (κ2) is 6.58. The fourth-order valence-corrected chi connectivity index (χ4v) is 3.49. The van der Waals surface area contributed by atoms with E-state index in [1.54, 1.807) is 6.26 Å². The van der Waals surface area contributed by atoms with E-state index in [1.165, 1.54) is 37.7 Å². The van der Waals surface area contributed by atoms with Gasteiger partial charge >= 0.3 is 0 Å². The largest absolute Gasteiger partial charge is 0.472 e. The molecule has 2 aliphatic rings. The lowest BCUT2D eigenvalue weighted by atomic mass is 9.88. The number of hydrogen-bond donors (Lipinski definition) is 1. The van der Waals surface area contributed by atoms with Gasteiger partial charge in [0, 0.05) is 19.1 Å². The first-order valence-corrected chi connectivity index (χ1v) is 7.78. The predicted octanol–water partition coefficient (Wildman–Crippen LogP) is 3.32. The first-order valence-electron chi connectivity index (χ1n) is 7.78. The van der Waals surface area contributed by atoms with E-state index in [2.05, 4.69) is 11.4 Å². The van der Waals surface area contributed by atoms with Crippen LogP contribution in [0.4, 0.5) is 0 Å². The van der Waals surface area contributed by atoms with E-state index in [0.29, 0.717) is 12.0 Å². The molecule has 1 aromatic heterocycles. The van der Waals surface area contributed by atoms with Gasteiger partial charge in [-0.3, -0.25) is 0 Å². The van der Waals surface area contributed by atoms with Crippen molar-refractivity contribution in [1.82, 2.24) is 5.32 Å². The summed E-state index contributed by atoms with van der Waals surface area (Å²) in [4.78, 5) is 0. The number of rotatable bonds is 4. The average molecular weight is 263 g/mol. The van der Waals surface area contributed by atoms with E-state index in [0.717, 1.165) is 32.0 Å². The molecule has 19 heavy (non-hydrogen) atoms. The number of hydrogen-bond acceptors (Lipinski definition) is 3. The van der Waals surface area contributed by atoms with Gasteiger partial charge in [0.15, 0.2) is 0 Å². The quantitative estimate of drug-likeness (QED) is 0.905. The van der Waals surface area contributed by atoms with Gasteiger partial charge in [-0.25, -0.2) is 0 Å². The van der Waals surface area contributed by atoms with Crippen LogP contribution in [0.25, 0.3) is 0 Å². The normalized spacial score (nSPS) is 29.5. The molecule has 1 saturated carbocycles. The molecule has 2 fully saturated rings. The van der Waals surface area contributed by atoms with Crippen LogP contribution in [0.2, 0.25) is 0 Å². The predicted molar refractivity (Wildman–Crippen MR) is 75.3 cm³/mol. The SMILES string of the molecule is c1cc([C@@H]2CCNC[C@H]2OCC2CCCCC2)co1. The van der Waals surface area contributed by atoms with Gasteiger partial charge in [0.25, 0.3) is 0 Å². The molecule has 0 bridgehead atoms. The van der Waals surface area contributed by atoms with Crippen molar-refractivity contribution >= 4 is 0 Å². The fourth-order valence-electron chi connectivity index (χ4n) is 3.49. The van der Waals surface area contributed by atoms with E-state index in [9.17, 15) is 0 Å². The Hall–Kier alpha value is -0.800. The van der Waals surface area contributed by atoms with Crippen LogP contribution in [0.15, 0.2) is 23.0 Å². The minimum Gasteiger partial charge on any atom is -0.472 e. The zero-order valence-electron chi connectivity index (χ0n) is 11.6. The molecule has 3 nitrogen and oxygen atoms in total. The molecule has 1 saturated heterocycles. The average Bonchev–Trinajstić information content (AvgIpc) is 3.01. The van der Waals surface area contributed by atoms with Crippen LogP contribution >= 0.6 is 0 Å². The van der Waals surface area contributed by atoms with Crippen molar-refractivity contribution < 1.29 is 9.15 Å². The monoisotopic (exact) mass is 263 g/mol. The van der Waals surface area contributed by atoms with Gasteiger partial charge in [0.2, 0.25) is 0 Å². The number of furan rings is 1. The molecule has 3 rings (SSSR count). The van der Waals surface area contributed by atoms with E-state index in [4.69, 9.17) is 9.15 Å². The lowest BCUT2D eigenvalue weighted by Crippen LogP contribution is -2.41. The zero-order valence-corrected chi connectivity index (χ0v) is 11.6. The second-order valence-electron chi connectivity index (χ2n) is 6.03. The molecule has 2 heterocycles. The Balaban J connectivity index is 1.55. The molecular formula is C16H25NO2. The number of nitrogens with one attached hydrogen (secondary N) is 1. The third-order valence-electron chi connectivity index (χ3n) is 4.67. The van der Waals surface area contributed by atoms with E-state index in [1.807, 2.05) is 6.26 Å². The van der Waals surface area contributed by atoms with Crippen molar-refractivity contribution in [3.8, 4) is 0 Å². The van der Waals surface area contributed by atoms with Gasteiger partial charge < -0.3 is 14.5 Å². The molecule has 1 aliphatic carbocycles. The van der Waals surface area contributed by atoms with Crippen LogP contribution in [0, 0.1) is 5.92 Å². The number of ether oxygens (including phenoxy) is 1. The molecule has 1 N–H and O–H groups in total. The molecule has 1 aromatic rings. The molecule has 0 amide bonds. The summed E-state index contributed by atoms with van der Waals surface area (Å²) in [7, 11) is 0. The summed E-state index contributed by atoms with van der Waals surface area (Å²) in [6.45, 7) is 3.00. The van der Waals surface area contributed by atoms with Gasteiger partial charge in [-0.15, -0.1) is 0 Å². The Morgan fingerprint density at radius 3 is 2.89 bits per heavy atom. The standard InChI is InChI=1S/C16H25NO2/c1-2-4-13(5-3-1)11-19-16-10-17-8-6-15(16)14-7-9-18-12-14/h7,9,12-13,15-17H,1-6,8,10-11H2/t15-,16+/m0/s1. The lowest BCUT2D eigenvalue weighted by molar-refractivity contribution is -0.00411. The lowest BCUT2D eigenvalue weighted by Gasteiger charge is -2.33. The van der Waals surface area contributed by atoms with E-state index in [-0.39, 0.29) is 0 Å². The molecule has 0 aromatic carbocycles. The van der Waals surface area contributed by atoms with Crippen molar-refractivity contribution in [2.24, 2.45) is 5.92 Å². The topological polar surface area (TPSA) is 34.4 Å². The molecular weight excluding hydrogens is 238 g/mol. The molecule has 3 heteroatoms. The first-order chi connectivity index (χ1) is 9.43. The summed E-state index contributed by atoms with van der Waals surface area (Å²) in [5.74, 6) is 1.30.